The molecule has 1 saturated heterocycles. The number of primary amides is 1. The van der Waals surface area contributed by atoms with Crippen molar-refractivity contribution in [2.45, 2.75) is 51.4 Å². The number of aromatic amines is 1. The van der Waals surface area contributed by atoms with Crippen molar-refractivity contribution < 1.29 is 35.9 Å². The van der Waals surface area contributed by atoms with Gasteiger partial charge in [0.05, 0.1) is 16.8 Å². The number of nitrogens with two attached hydrogens (primary N) is 1. The molecule has 3 heterocycles. The van der Waals surface area contributed by atoms with Crippen LogP contribution in [-0.2, 0) is 26.1 Å². The number of hydrogen-bond donors (Lipinski definition) is 3. The molecule has 1 aromatic carbocycles. The number of alkyl halides is 3. The molecule has 1 fully saturated rings. The molecule has 40 heavy (non-hydrogen) atoms. The highest BCUT2D eigenvalue weighted by molar-refractivity contribution is 7.89. The van der Waals surface area contributed by atoms with Gasteiger partial charge in [-0.25, -0.2) is 17.5 Å². The number of ether oxygens (including phenoxy) is 1. The number of esters is 1. The highest BCUT2D eigenvalue weighted by Crippen LogP contribution is 2.38. The van der Waals surface area contributed by atoms with Crippen LogP contribution in [0.2, 0.25) is 0 Å². The molecule has 1 amide bonds. The minimum Gasteiger partial charge on any atom is -0.457 e. The van der Waals surface area contributed by atoms with Crippen molar-refractivity contribution in [3.05, 3.63) is 45.8 Å². The summed E-state index contributed by atoms with van der Waals surface area (Å²) in [5.74, 6) is -2.62. The number of halogens is 3. The Labute approximate surface area is 233 Å². The van der Waals surface area contributed by atoms with E-state index < -0.39 is 40.7 Å². The normalized spacial score (nSPS) is 16.3. The second kappa shape index (κ2) is 11.9. The van der Waals surface area contributed by atoms with E-state index >= 15 is 0 Å². The maximum atomic E-state index is 12.3. The van der Waals surface area contributed by atoms with Gasteiger partial charge in [0, 0.05) is 42.1 Å². The van der Waals surface area contributed by atoms with Crippen LogP contribution in [0.4, 0.5) is 13.2 Å². The Bertz CT molecular complexity index is 1490. The maximum Gasteiger partial charge on any atom is 0.490 e. The van der Waals surface area contributed by atoms with Gasteiger partial charge in [-0.1, -0.05) is 0 Å². The van der Waals surface area contributed by atoms with E-state index in [2.05, 4.69) is 15.0 Å². The monoisotopic (exact) mass is 600 g/mol. The average Bonchev–Trinajstić information content (AvgIpc) is 3.56. The summed E-state index contributed by atoms with van der Waals surface area (Å²) in [5, 5.41) is 5.81. The van der Waals surface area contributed by atoms with E-state index in [1.165, 1.54) is 15.6 Å². The Kier molecular flexibility index (Phi) is 8.93. The summed E-state index contributed by atoms with van der Waals surface area (Å²) in [6.45, 7) is 4.04. The molecule has 0 saturated carbocycles. The van der Waals surface area contributed by atoms with Gasteiger partial charge in [0.25, 0.3) is 5.91 Å². The Morgan fingerprint density at radius 3 is 2.55 bits per heavy atom. The lowest BCUT2D eigenvalue weighted by Crippen LogP contribution is -2.38. The number of rotatable bonds is 10. The average molecular weight is 601 g/mol. The molecule has 0 radical (unpaired) electrons. The van der Waals surface area contributed by atoms with Crippen molar-refractivity contribution in [2.24, 2.45) is 5.73 Å². The van der Waals surface area contributed by atoms with Crippen LogP contribution in [-0.4, -0.2) is 67.3 Å². The lowest BCUT2D eigenvalue weighted by atomic mass is 9.88. The van der Waals surface area contributed by atoms with Crippen molar-refractivity contribution in [3.8, 4) is 11.1 Å². The molecular formula is C26H31F3N4O5S2. The van der Waals surface area contributed by atoms with Crippen LogP contribution in [0.1, 0.15) is 53.4 Å². The highest BCUT2D eigenvalue weighted by Gasteiger charge is 2.41. The summed E-state index contributed by atoms with van der Waals surface area (Å²) in [6.07, 6.45) is -1.84. The van der Waals surface area contributed by atoms with Crippen LogP contribution in [0.5, 0.6) is 0 Å². The van der Waals surface area contributed by atoms with Crippen LogP contribution in [0.15, 0.2) is 29.8 Å². The molecule has 14 heteroatoms. The lowest BCUT2D eigenvalue weighted by molar-refractivity contribution is -0.200. The molecule has 3 aromatic rings. The van der Waals surface area contributed by atoms with Crippen molar-refractivity contribution in [2.75, 3.05) is 25.4 Å². The summed E-state index contributed by atoms with van der Waals surface area (Å²) in [4.78, 5) is 27.3. The van der Waals surface area contributed by atoms with Crippen LogP contribution in [0, 0.1) is 0 Å². The lowest BCUT2D eigenvalue weighted by Gasteiger charge is -2.31. The first kappa shape index (κ1) is 30.0. The topological polar surface area (TPSA) is 135 Å². The zero-order chi connectivity index (χ0) is 29.2. The first-order valence-electron chi connectivity index (χ1n) is 12.8. The second-order valence-corrected chi connectivity index (χ2v) is 13.1. The van der Waals surface area contributed by atoms with Crippen LogP contribution >= 0.6 is 11.3 Å². The quantitative estimate of drug-likeness (QED) is 0.300. The number of sulfonamides is 1. The molecule has 1 aliphatic heterocycles. The van der Waals surface area contributed by atoms with Gasteiger partial charge in [0.1, 0.15) is 6.61 Å². The van der Waals surface area contributed by atoms with E-state index in [1.54, 1.807) is 19.9 Å². The third kappa shape index (κ3) is 6.67. The van der Waals surface area contributed by atoms with E-state index in [-0.39, 0.29) is 11.7 Å². The number of amides is 1. The number of benzene rings is 1. The molecule has 9 nitrogen and oxygen atoms in total. The van der Waals surface area contributed by atoms with E-state index in [0.29, 0.717) is 43.6 Å². The molecule has 0 spiro atoms. The molecule has 4 rings (SSSR count). The second-order valence-electron chi connectivity index (χ2n) is 9.81. The first-order valence-corrected chi connectivity index (χ1v) is 15.3. The third-order valence-electron chi connectivity index (χ3n) is 7.05. The number of H-pyrrole nitrogens is 1. The number of hydrogen-bond acceptors (Lipinski definition) is 7. The van der Waals surface area contributed by atoms with Crippen LogP contribution in [0.25, 0.3) is 22.0 Å². The molecule has 4 N–H and O–H groups in total. The molecule has 1 aliphatic rings. The molecule has 0 bridgehead atoms. The fraction of sp³-hybridized carbons (Fsp3) is 0.462. The van der Waals surface area contributed by atoms with Gasteiger partial charge in [-0.3, -0.25) is 4.79 Å². The van der Waals surface area contributed by atoms with Gasteiger partial charge in [-0.05, 0) is 72.9 Å². The zero-order valence-electron chi connectivity index (χ0n) is 22.0. The van der Waals surface area contributed by atoms with Crippen LogP contribution < -0.4 is 11.1 Å². The van der Waals surface area contributed by atoms with E-state index in [9.17, 15) is 31.2 Å². The fourth-order valence-corrected chi connectivity index (χ4v) is 6.80. The first-order chi connectivity index (χ1) is 18.8. The third-order valence-corrected chi connectivity index (χ3v) is 9.86. The zero-order valence-corrected chi connectivity index (χ0v) is 23.6. The molecule has 218 valence electrons. The number of carbonyl (C=O) groups excluding carboxylic acids is 2. The van der Waals surface area contributed by atoms with Gasteiger partial charge in [0.2, 0.25) is 10.0 Å². The van der Waals surface area contributed by atoms with Crippen molar-refractivity contribution in [1.29, 1.82) is 0 Å². The summed E-state index contributed by atoms with van der Waals surface area (Å²) in [7, 11) is -3.24. The van der Waals surface area contributed by atoms with E-state index in [0.717, 1.165) is 27.0 Å². The number of carbonyl (C=O) groups is 2. The van der Waals surface area contributed by atoms with Gasteiger partial charge in [-0.15, -0.1) is 11.3 Å². The van der Waals surface area contributed by atoms with Gasteiger partial charge in [-0.2, -0.15) is 13.2 Å². The SMILES string of the molecule is CCS(=O)(=O)N1CCC(c2c[nH]c3c(C(N)=O)cc(-c4csc(CN[C@H](C)COC(=O)C(F)(F)F)c4)cc23)CC1. The number of aromatic nitrogens is 1. The van der Waals surface area contributed by atoms with Gasteiger partial charge in [0.15, 0.2) is 0 Å². The standard InChI is InChI=1S/C26H31F3N4O5S2/c1-3-40(36,37)33-6-4-16(5-7-33)22-12-32-23-20(22)9-17(10-21(23)24(30)34)18-8-19(39-14-18)11-31-15(2)13-38-25(35)26(27,28)29/h8-10,12,14-16,31-32H,3-7,11,13H2,1-2H3,(H2,30,34)/t15-/m1/s1. The Morgan fingerprint density at radius 1 is 1.23 bits per heavy atom. The molecule has 1 atom stereocenters. The number of thiophene rings is 1. The predicted octanol–water partition coefficient (Wildman–Crippen LogP) is 4.11. The van der Waals surface area contributed by atoms with Crippen molar-refractivity contribution in [1.82, 2.24) is 14.6 Å². The summed E-state index contributed by atoms with van der Waals surface area (Å²) in [6, 6.07) is 5.12. The maximum absolute atomic E-state index is 12.3. The number of nitrogens with zero attached hydrogens (tertiary/aromatic N) is 1. The molecule has 2 aromatic heterocycles. The fourth-order valence-electron chi connectivity index (χ4n) is 4.82. The van der Waals surface area contributed by atoms with Crippen LogP contribution in [0.3, 0.4) is 0 Å². The smallest absolute Gasteiger partial charge is 0.457 e. The Hall–Kier alpha value is -2.94. The van der Waals surface area contributed by atoms with Gasteiger partial charge < -0.3 is 20.8 Å². The number of fused-ring (bicyclic) bond motifs is 1. The summed E-state index contributed by atoms with van der Waals surface area (Å²) in [5.41, 5.74) is 9.32. The van der Waals surface area contributed by atoms with Crippen molar-refractivity contribution >= 4 is 44.1 Å². The van der Waals surface area contributed by atoms with Crippen molar-refractivity contribution in [3.63, 3.8) is 0 Å². The summed E-state index contributed by atoms with van der Waals surface area (Å²) < 4.78 is 67.3. The number of piperidine rings is 1. The number of nitrogens with one attached hydrogen (secondary N) is 2. The van der Waals surface area contributed by atoms with E-state index in [1.807, 2.05) is 23.7 Å². The minimum absolute atomic E-state index is 0.0681. The summed E-state index contributed by atoms with van der Waals surface area (Å²) >= 11 is 1.44. The molecular weight excluding hydrogens is 569 g/mol. The minimum atomic E-state index is -5.03. The molecule has 0 unspecified atom stereocenters. The largest absolute Gasteiger partial charge is 0.490 e. The van der Waals surface area contributed by atoms with E-state index in [4.69, 9.17) is 5.73 Å². The predicted molar refractivity (Wildman–Crippen MR) is 146 cm³/mol. The Balaban J connectivity index is 1.50. The van der Waals surface area contributed by atoms with Gasteiger partial charge >= 0.3 is 12.1 Å². The highest BCUT2D eigenvalue weighted by atomic mass is 32.2. The Morgan fingerprint density at radius 2 is 1.93 bits per heavy atom. The molecule has 0 aliphatic carbocycles.